The van der Waals surface area contributed by atoms with Crippen LogP contribution in [0.15, 0.2) is 24.3 Å². The number of benzene rings is 1. The molecule has 0 radical (unpaired) electrons. The lowest BCUT2D eigenvalue weighted by molar-refractivity contribution is 0.0310. The zero-order valence-corrected chi connectivity index (χ0v) is 10.4. The van der Waals surface area contributed by atoms with E-state index < -0.39 is 0 Å². The van der Waals surface area contributed by atoms with E-state index in [2.05, 4.69) is 11.0 Å². The van der Waals surface area contributed by atoms with Crippen LogP contribution in [0.4, 0.5) is 0 Å². The van der Waals surface area contributed by atoms with Crippen molar-refractivity contribution in [2.24, 2.45) is 0 Å². The van der Waals surface area contributed by atoms with Crippen molar-refractivity contribution in [2.45, 2.75) is 50.4 Å². The predicted octanol–water partition coefficient (Wildman–Crippen LogP) is 2.05. The molecule has 2 aliphatic heterocycles. The van der Waals surface area contributed by atoms with Crippen LogP contribution < -0.4 is 0 Å². The number of nitriles is 1. The Morgan fingerprint density at radius 1 is 1.22 bits per heavy atom. The van der Waals surface area contributed by atoms with E-state index in [1.165, 1.54) is 12.8 Å². The lowest BCUT2D eigenvalue weighted by atomic mass is 9.98. The fraction of sp³-hybridized carbons (Fsp3) is 0.533. The highest BCUT2D eigenvalue weighted by Gasteiger charge is 2.39. The van der Waals surface area contributed by atoms with Crippen molar-refractivity contribution in [1.29, 1.82) is 5.26 Å². The SMILES string of the molecule is N#Cc1ccccc1CN1C2CCC1CC(O)C2. The number of hydrogen-bond acceptors (Lipinski definition) is 3. The molecule has 2 bridgehead atoms. The minimum Gasteiger partial charge on any atom is -0.393 e. The van der Waals surface area contributed by atoms with E-state index in [0.29, 0.717) is 12.1 Å². The Hall–Kier alpha value is -1.37. The summed E-state index contributed by atoms with van der Waals surface area (Å²) in [7, 11) is 0. The van der Waals surface area contributed by atoms with Gasteiger partial charge in [-0.15, -0.1) is 0 Å². The molecule has 0 saturated carbocycles. The van der Waals surface area contributed by atoms with E-state index in [-0.39, 0.29) is 6.10 Å². The van der Waals surface area contributed by atoms with Crippen molar-refractivity contribution in [3.05, 3.63) is 35.4 Å². The molecule has 2 aliphatic rings. The van der Waals surface area contributed by atoms with Crippen LogP contribution in [0.5, 0.6) is 0 Å². The van der Waals surface area contributed by atoms with Gasteiger partial charge >= 0.3 is 0 Å². The molecule has 3 heteroatoms. The van der Waals surface area contributed by atoms with E-state index >= 15 is 0 Å². The number of piperidine rings is 1. The third kappa shape index (κ3) is 2.03. The van der Waals surface area contributed by atoms with Crippen LogP contribution in [-0.2, 0) is 6.54 Å². The zero-order valence-electron chi connectivity index (χ0n) is 10.4. The summed E-state index contributed by atoms with van der Waals surface area (Å²) in [5, 5.41) is 18.9. The van der Waals surface area contributed by atoms with Gasteiger partial charge in [-0.3, -0.25) is 4.90 Å². The van der Waals surface area contributed by atoms with Gasteiger partial charge in [0.1, 0.15) is 0 Å². The molecule has 2 unspecified atom stereocenters. The average molecular weight is 242 g/mol. The topological polar surface area (TPSA) is 47.3 Å². The van der Waals surface area contributed by atoms with Crippen LogP contribution in [-0.4, -0.2) is 28.2 Å². The highest BCUT2D eigenvalue weighted by molar-refractivity contribution is 5.37. The van der Waals surface area contributed by atoms with Crippen molar-refractivity contribution in [3.63, 3.8) is 0 Å². The van der Waals surface area contributed by atoms with Gasteiger partial charge in [-0.25, -0.2) is 0 Å². The van der Waals surface area contributed by atoms with Gasteiger partial charge in [0.15, 0.2) is 0 Å². The number of nitrogens with zero attached hydrogens (tertiary/aromatic N) is 2. The van der Waals surface area contributed by atoms with Crippen LogP contribution in [0, 0.1) is 11.3 Å². The first kappa shape index (κ1) is 11.7. The second-order valence-corrected chi connectivity index (χ2v) is 5.45. The Morgan fingerprint density at radius 2 is 1.89 bits per heavy atom. The maximum atomic E-state index is 9.80. The van der Waals surface area contributed by atoms with Crippen LogP contribution in [0.2, 0.25) is 0 Å². The summed E-state index contributed by atoms with van der Waals surface area (Å²) in [5.74, 6) is 0. The van der Waals surface area contributed by atoms with Gasteiger partial charge in [0, 0.05) is 18.6 Å². The Balaban J connectivity index is 1.80. The first-order valence-corrected chi connectivity index (χ1v) is 6.69. The second kappa shape index (κ2) is 4.72. The summed E-state index contributed by atoms with van der Waals surface area (Å²) >= 11 is 0. The maximum absolute atomic E-state index is 9.80. The Bertz CT molecular complexity index is 466. The first-order chi connectivity index (χ1) is 8.78. The van der Waals surface area contributed by atoms with Gasteiger partial charge in [0.05, 0.1) is 17.7 Å². The number of aliphatic hydroxyl groups is 1. The third-order valence-electron chi connectivity index (χ3n) is 4.35. The van der Waals surface area contributed by atoms with Gasteiger partial charge in [-0.1, -0.05) is 18.2 Å². The molecule has 3 nitrogen and oxygen atoms in total. The average Bonchev–Trinajstić information content (AvgIpc) is 2.62. The quantitative estimate of drug-likeness (QED) is 0.863. The van der Waals surface area contributed by atoms with E-state index in [1.807, 2.05) is 24.3 Å². The van der Waals surface area contributed by atoms with Crippen molar-refractivity contribution in [2.75, 3.05) is 0 Å². The summed E-state index contributed by atoms with van der Waals surface area (Å²) in [6.45, 7) is 0.853. The van der Waals surface area contributed by atoms with E-state index in [9.17, 15) is 5.11 Å². The van der Waals surface area contributed by atoms with Gasteiger partial charge in [-0.2, -0.15) is 5.26 Å². The van der Waals surface area contributed by atoms with Gasteiger partial charge in [-0.05, 0) is 37.3 Å². The molecule has 2 heterocycles. The minimum atomic E-state index is -0.120. The highest BCUT2D eigenvalue weighted by Crippen LogP contribution is 2.36. The third-order valence-corrected chi connectivity index (χ3v) is 4.35. The summed E-state index contributed by atoms with van der Waals surface area (Å²) in [4.78, 5) is 2.49. The first-order valence-electron chi connectivity index (χ1n) is 6.69. The monoisotopic (exact) mass is 242 g/mol. The second-order valence-electron chi connectivity index (χ2n) is 5.45. The molecule has 3 rings (SSSR count). The van der Waals surface area contributed by atoms with Crippen LogP contribution in [0.25, 0.3) is 0 Å². The molecule has 0 aromatic heterocycles. The van der Waals surface area contributed by atoms with Crippen molar-refractivity contribution in [3.8, 4) is 6.07 Å². The number of hydrogen-bond donors (Lipinski definition) is 1. The summed E-state index contributed by atoms with van der Waals surface area (Å²) in [6.07, 6.45) is 4.05. The minimum absolute atomic E-state index is 0.120. The molecule has 1 N–H and O–H groups in total. The standard InChI is InChI=1S/C15H18N2O/c16-9-11-3-1-2-4-12(11)10-17-13-5-6-14(17)8-15(18)7-13/h1-4,13-15,18H,5-8,10H2. The van der Waals surface area contributed by atoms with Gasteiger partial charge in [0.2, 0.25) is 0 Å². The molecule has 0 aliphatic carbocycles. The maximum Gasteiger partial charge on any atom is 0.0995 e. The van der Waals surface area contributed by atoms with Gasteiger partial charge < -0.3 is 5.11 Å². The number of aliphatic hydroxyl groups excluding tert-OH is 1. The molecule has 94 valence electrons. The van der Waals surface area contributed by atoms with Crippen LogP contribution in [0.3, 0.4) is 0 Å². The smallest absolute Gasteiger partial charge is 0.0995 e. The zero-order chi connectivity index (χ0) is 12.5. The van der Waals surface area contributed by atoms with E-state index in [1.54, 1.807) is 0 Å². The molecule has 0 amide bonds. The molecule has 18 heavy (non-hydrogen) atoms. The molecule has 2 saturated heterocycles. The van der Waals surface area contributed by atoms with Crippen molar-refractivity contribution < 1.29 is 5.11 Å². The fourth-order valence-electron chi connectivity index (χ4n) is 3.47. The molecule has 1 aromatic rings. The molecule has 2 fully saturated rings. The Labute approximate surface area is 108 Å². The Kier molecular flexibility index (Phi) is 3.07. The van der Waals surface area contributed by atoms with Crippen LogP contribution in [0.1, 0.15) is 36.8 Å². The number of fused-ring (bicyclic) bond motifs is 2. The molecular formula is C15H18N2O. The van der Waals surface area contributed by atoms with E-state index in [0.717, 1.165) is 30.5 Å². The Morgan fingerprint density at radius 3 is 2.56 bits per heavy atom. The predicted molar refractivity (Wildman–Crippen MR) is 68.8 cm³/mol. The lowest BCUT2D eigenvalue weighted by Gasteiger charge is -2.37. The van der Waals surface area contributed by atoms with Gasteiger partial charge in [0.25, 0.3) is 0 Å². The normalized spacial score (nSPS) is 31.2. The van der Waals surface area contributed by atoms with Crippen molar-refractivity contribution in [1.82, 2.24) is 4.90 Å². The summed E-state index contributed by atoms with van der Waals surface area (Å²) in [5.41, 5.74) is 1.90. The highest BCUT2D eigenvalue weighted by atomic mass is 16.3. The van der Waals surface area contributed by atoms with Crippen molar-refractivity contribution >= 4 is 0 Å². The van der Waals surface area contributed by atoms with E-state index in [4.69, 9.17) is 5.26 Å². The lowest BCUT2D eigenvalue weighted by Crippen LogP contribution is -2.44. The molecule has 1 aromatic carbocycles. The number of rotatable bonds is 2. The molecule has 0 spiro atoms. The molecule has 2 atom stereocenters. The van der Waals surface area contributed by atoms with Crippen LogP contribution >= 0.6 is 0 Å². The summed E-state index contributed by atoms with van der Waals surface area (Å²) < 4.78 is 0. The molecular weight excluding hydrogens is 224 g/mol. The summed E-state index contributed by atoms with van der Waals surface area (Å²) in [6, 6.07) is 11.1. The fourth-order valence-corrected chi connectivity index (χ4v) is 3.47. The largest absolute Gasteiger partial charge is 0.393 e.